The van der Waals surface area contributed by atoms with Crippen molar-refractivity contribution >= 4 is 23.1 Å². The van der Waals surface area contributed by atoms with E-state index >= 15 is 0 Å². The summed E-state index contributed by atoms with van der Waals surface area (Å²) in [6.07, 6.45) is 7.53. The number of fused-ring (bicyclic) bond motifs is 1. The number of hydrogen-bond acceptors (Lipinski definition) is 2. The minimum Gasteiger partial charge on any atom is -0.205 e. The SMILES string of the molecule is CCCCC1CCc2cc(-c3ccc(N=C=S)c(F)c3)ccc2C1. The van der Waals surface area contributed by atoms with Crippen molar-refractivity contribution in [1.82, 2.24) is 0 Å². The Hall–Kier alpha value is -1.83. The molecule has 2 aromatic rings. The summed E-state index contributed by atoms with van der Waals surface area (Å²) in [6.45, 7) is 2.26. The number of thiocarbonyl (C=S) groups is 1. The summed E-state index contributed by atoms with van der Waals surface area (Å²) in [4.78, 5) is 3.73. The number of benzene rings is 2. The molecule has 3 rings (SSSR count). The van der Waals surface area contributed by atoms with Gasteiger partial charge in [-0.15, -0.1) is 0 Å². The molecule has 2 aromatic carbocycles. The average Bonchev–Trinajstić information content (AvgIpc) is 2.61. The fourth-order valence-corrected chi connectivity index (χ4v) is 3.67. The maximum absolute atomic E-state index is 14.1. The first-order valence-electron chi connectivity index (χ1n) is 8.71. The standard InChI is InChI=1S/C21H22FNS/c1-2-3-4-15-5-6-17-12-18(8-7-16(17)11-15)19-9-10-21(23-14-24)20(22)13-19/h7-10,12-13,15H,2-6,11H2,1H3. The molecule has 1 unspecified atom stereocenters. The van der Waals surface area contributed by atoms with Gasteiger partial charge < -0.3 is 0 Å². The zero-order valence-electron chi connectivity index (χ0n) is 14.0. The second-order valence-electron chi connectivity index (χ2n) is 6.60. The van der Waals surface area contributed by atoms with E-state index in [1.807, 2.05) is 6.07 Å². The molecule has 0 aromatic heterocycles. The van der Waals surface area contributed by atoms with Crippen LogP contribution in [0.4, 0.5) is 10.1 Å². The first-order valence-corrected chi connectivity index (χ1v) is 9.11. The highest BCUT2D eigenvalue weighted by Gasteiger charge is 2.18. The topological polar surface area (TPSA) is 12.4 Å². The van der Waals surface area contributed by atoms with Gasteiger partial charge in [-0.2, -0.15) is 4.99 Å². The van der Waals surface area contributed by atoms with Crippen molar-refractivity contribution in [2.75, 3.05) is 0 Å². The molecule has 0 saturated heterocycles. The lowest BCUT2D eigenvalue weighted by molar-refractivity contribution is 0.413. The van der Waals surface area contributed by atoms with Crippen LogP contribution in [-0.4, -0.2) is 5.16 Å². The fraction of sp³-hybridized carbons (Fsp3) is 0.381. The van der Waals surface area contributed by atoms with E-state index in [9.17, 15) is 4.39 Å². The normalized spacial score (nSPS) is 16.3. The van der Waals surface area contributed by atoms with Gasteiger partial charge >= 0.3 is 0 Å². The van der Waals surface area contributed by atoms with E-state index in [4.69, 9.17) is 0 Å². The molecule has 0 radical (unpaired) electrons. The van der Waals surface area contributed by atoms with Gasteiger partial charge in [-0.1, -0.05) is 50.5 Å². The number of aliphatic imine (C=N–C) groups is 1. The number of aryl methyl sites for hydroxylation is 1. The number of isothiocyanates is 1. The van der Waals surface area contributed by atoms with Crippen molar-refractivity contribution in [1.29, 1.82) is 0 Å². The van der Waals surface area contributed by atoms with Crippen LogP contribution < -0.4 is 0 Å². The summed E-state index contributed by atoms with van der Waals surface area (Å²) in [5.41, 5.74) is 5.07. The third-order valence-electron chi connectivity index (χ3n) is 4.95. The first-order chi connectivity index (χ1) is 11.7. The van der Waals surface area contributed by atoms with Gasteiger partial charge in [-0.3, -0.25) is 0 Å². The molecule has 0 saturated carbocycles. The number of unbranched alkanes of at least 4 members (excludes halogenated alkanes) is 1. The Bertz CT molecular complexity index is 777. The Labute approximate surface area is 148 Å². The van der Waals surface area contributed by atoms with Gasteiger partial charge in [0, 0.05) is 0 Å². The van der Waals surface area contributed by atoms with Gasteiger partial charge in [0.1, 0.15) is 11.5 Å². The quantitative estimate of drug-likeness (QED) is 0.446. The Morgan fingerprint density at radius 2 is 1.96 bits per heavy atom. The molecule has 1 atom stereocenters. The summed E-state index contributed by atoms with van der Waals surface area (Å²) in [7, 11) is 0. The predicted molar refractivity (Wildman–Crippen MR) is 102 cm³/mol. The van der Waals surface area contributed by atoms with E-state index < -0.39 is 0 Å². The molecule has 24 heavy (non-hydrogen) atoms. The Morgan fingerprint density at radius 1 is 1.17 bits per heavy atom. The molecule has 1 nitrogen and oxygen atoms in total. The molecule has 0 N–H and O–H groups in total. The summed E-state index contributed by atoms with van der Waals surface area (Å²) < 4.78 is 14.1. The number of hydrogen-bond donors (Lipinski definition) is 0. The van der Waals surface area contributed by atoms with Crippen LogP contribution in [0.2, 0.25) is 0 Å². The van der Waals surface area contributed by atoms with Gasteiger partial charge in [0.25, 0.3) is 0 Å². The summed E-state index contributed by atoms with van der Waals surface area (Å²) >= 11 is 4.54. The fourth-order valence-electron chi connectivity index (χ4n) is 3.58. The molecule has 0 fully saturated rings. The molecule has 0 aliphatic heterocycles. The van der Waals surface area contributed by atoms with E-state index in [-0.39, 0.29) is 11.5 Å². The van der Waals surface area contributed by atoms with Crippen molar-refractivity contribution in [3.05, 3.63) is 53.3 Å². The van der Waals surface area contributed by atoms with Gasteiger partial charge in [0.05, 0.1) is 5.16 Å². The van der Waals surface area contributed by atoms with E-state index in [1.165, 1.54) is 49.3 Å². The maximum Gasteiger partial charge on any atom is 0.150 e. The van der Waals surface area contributed by atoms with Gasteiger partial charge in [-0.25, -0.2) is 4.39 Å². The van der Waals surface area contributed by atoms with Crippen LogP contribution >= 0.6 is 12.2 Å². The third kappa shape index (κ3) is 3.80. The lowest BCUT2D eigenvalue weighted by Gasteiger charge is -2.25. The molecule has 0 spiro atoms. The minimum absolute atomic E-state index is 0.241. The molecular formula is C21H22FNS. The first kappa shape index (κ1) is 17.0. The van der Waals surface area contributed by atoms with E-state index in [2.05, 4.69) is 47.5 Å². The average molecular weight is 339 g/mol. The van der Waals surface area contributed by atoms with Crippen LogP contribution in [0.5, 0.6) is 0 Å². The Morgan fingerprint density at radius 3 is 2.71 bits per heavy atom. The van der Waals surface area contributed by atoms with Crippen molar-refractivity contribution in [2.45, 2.75) is 45.4 Å². The molecule has 1 aliphatic rings. The Kier molecular flexibility index (Phi) is 5.55. The highest BCUT2D eigenvalue weighted by atomic mass is 32.1. The molecule has 3 heteroatoms. The highest BCUT2D eigenvalue weighted by molar-refractivity contribution is 7.78. The number of halogens is 1. The summed E-state index contributed by atoms with van der Waals surface area (Å²) in [5, 5.41) is 2.21. The monoisotopic (exact) mass is 339 g/mol. The van der Waals surface area contributed by atoms with Crippen molar-refractivity contribution in [3.8, 4) is 11.1 Å². The minimum atomic E-state index is -0.359. The van der Waals surface area contributed by atoms with E-state index in [0.717, 1.165) is 23.5 Å². The lowest BCUT2D eigenvalue weighted by Crippen LogP contribution is -2.14. The largest absolute Gasteiger partial charge is 0.205 e. The van der Waals surface area contributed by atoms with Crippen LogP contribution in [0, 0.1) is 11.7 Å². The molecule has 124 valence electrons. The van der Waals surface area contributed by atoms with Crippen LogP contribution in [0.3, 0.4) is 0 Å². The second-order valence-corrected chi connectivity index (χ2v) is 6.79. The summed E-state index contributed by atoms with van der Waals surface area (Å²) in [5.74, 6) is 0.467. The second kappa shape index (κ2) is 7.83. The van der Waals surface area contributed by atoms with Gasteiger partial charge in [-0.05, 0) is 71.8 Å². The smallest absolute Gasteiger partial charge is 0.150 e. The Balaban J connectivity index is 1.82. The van der Waals surface area contributed by atoms with E-state index in [0.29, 0.717) is 0 Å². The lowest BCUT2D eigenvalue weighted by atomic mass is 9.80. The zero-order valence-corrected chi connectivity index (χ0v) is 14.8. The van der Waals surface area contributed by atoms with Gasteiger partial charge in [0.2, 0.25) is 0 Å². The summed E-state index contributed by atoms with van der Waals surface area (Å²) in [6, 6.07) is 11.6. The molecule has 1 aliphatic carbocycles. The van der Waals surface area contributed by atoms with Crippen LogP contribution in [-0.2, 0) is 12.8 Å². The van der Waals surface area contributed by atoms with Crippen molar-refractivity contribution in [2.24, 2.45) is 10.9 Å². The van der Waals surface area contributed by atoms with Crippen LogP contribution in [0.15, 0.2) is 41.4 Å². The van der Waals surface area contributed by atoms with Crippen molar-refractivity contribution < 1.29 is 4.39 Å². The zero-order chi connectivity index (χ0) is 16.9. The van der Waals surface area contributed by atoms with Crippen LogP contribution in [0.25, 0.3) is 11.1 Å². The molecular weight excluding hydrogens is 317 g/mol. The van der Waals surface area contributed by atoms with Crippen molar-refractivity contribution in [3.63, 3.8) is 0 Å². The third-order valence-corrected chi connectivity index (χ3v) is 5.04. The maximum atomic E-state index is 14.1. The van der Waals surface area contributed by atoms with Gasteiger partial charge in [0.15, 0.2) is 0 Å². The van der Waals surface area contributed by atoms with Crippen LogP contribution in [0.1, 0.15) is 43.7 Å². The molecule has 0 bridgehead atoms. The molecule has 0 heterocycles. The van der Waals surface area contributed by atoms with E-state index in [1.54, 1.807) is 6.07 Å². The number of rotatable bonds is 5. The highest BCUT2D eigenvalue weighted by Crippen LogP contribution is 2.33. The number of nitrogens with zero attached hydrogens (tertiary/aromatic N) is 1. The molecule has 0 amide bonds. The predicted octanol–water partition coefficient (Wildman–Crippen LogP) is 6.52.